The number of piperidine rings is 1. The molecule has 0 radical (unpaired) electrons. The molecule has 1 fully saturated rings. The standard InChI is InChI=1S/C25H27F2N5O2/c1-32-9-6-16(7-10-32)8-11-34-19-4-2-18(3-5-19)29-15-24(31-28)20-12-17-13-21(26)22(27)14-23(17)30-25(20)33/h2-5,12-16H,6-11,28H2,1H3,(H,30,33). The molecular weight excluding hydrogens is 440 g/mol. The molecule has 0 bridgehead atoms. The number of nitrogens with two attached hydrogens (primary N) is 1. The second kappa shape index (κ2) is 10.6. The summed E-state index contributed by atoms with van der Waals surface area (Å²) in [7, 11) is 2.16. The molecule has 7 nitrogen and oxygen atoms in total. The van der Waals surface area contributed by atoms with Crippen molar-refractivity contribution in [3.8, 4) is 5.75 Å². The number of H-pyrrole nitrogens is 1. The quantitative estimate of drug-likeness (QED) is 0.312. The van der Waals surface area contributed by atoms with Crippen molar-refractivity contribution in [3.63, 3.8) is 0 Å². The van der Waals surface area contributed by atoms with E-state index in [0.717, 1.165) is 37.4 Å². The molecule has 1 aliphatic heterocycles. The predicted molar refractivity (Wildman–Crippen MR) is 130 cm³/mol. The SMILES string of the molecule is CN1CCC(CCOc2ccc(N=CC(=NN)c3cc4cc(F)c(F)cc4[nH]c3=O)cc2)CC1. The highest BCUT2D eigenvalue weighted by Crippen LogP contribution is 2.22. The van der Waals surface area contributed by atoms with Gasteiger partial charge in [-0.1, -0.05) is 0 Å². The molecule has 1 aliphatic rings. The summed E-state index contributed by atoms with van der Waals surface area (Å²) in [5.41, 5.74) is 0.453. The fraction of sp³-hybridized carbons (Fsp3) is 0.320. The largest absolute Gasteiger partial charge is 0.494 e. The molecule has 3 N–H and O–H groups in total. The first-order chi connectivity index (χ1) is 16.4. The van der Waals surface area contributed by atoms with E-state index in [-0.39, 0.29) is 16.8 Å². The first kappa shape index (κ1) is 23.6. The van der Waals surface area contributed by atoms with Crippen LogP contribution in [0.2, 0.25) is 0 Å². The highest BCUT2D eigenvalue weighted by atomic mass is 19.2. The zero-order valence-corrected chi connectivity index (χ0v) is 18.9. The Hall–Kier alpha value is -3.59. The Balaban J connectivity index is 1.40. The third kappa shape index (κ3) is 5.66. The number of pyridine rings is 1. The van der Waals surface area contributed by atoms with Crippen LogP contribution in [-0.2, 0) is 0 Å². The number of likely N-dealkylation sites (tertiary alicyclic amines) is 1. The predicted octanol–water partition coefficient (Wildman–Crippen LogP) is 3.98. The second-order valence-corrected chi connectivity index (χ2v) is 8.52. The Bertz CT molecular complexity index is 1260. The van der Waals surface area contributed by atoms with E-state index in [2.05, 4.69) is 27.0 Å². The van der Waals surface area contributed by atoms with Gasteiger partial charge in [-0.05, 0) is 81.7 Å². The van der Waals surface area contributed by atoms with Gasteiger partial charge in [0.2, 0.25) is 0 Å². The number of hydrogen-bond donors (Lipinski definition) is 2. The Kier molecular flexibility index (Phi) is 7.32. The Morgan fingerprint density at radius 2 is 1.88 bits per heavy atom. The van der Waals surface area contributed by atoms with Crippen molar-refractivity contribution >= 4 is 28.5 Å². The van der Waals surface area contributed by atoms with Crippen molar-refractivity contribution in [1.29, 1.82) is 0 Å². The summed E-state index contributed by atoms with van der Waals surface area (Å²) in [4.78, 5) is 21.6. The maximum atomic E-state index is 13.6. The van der Waals surface area contributed by atoms with Crippen LogP contribution in [-0.4, -0.2) is 48.6 Å². The summed E-state index contributed by atoms with van der Waals surface area (Å²) in [6.07, 6.45) is 4.82. The van der Waals surface area contributed by atoms with Gasteiger partial charge in [-0.3, -0.25) is 9.79 Å². The van der Waals surface area contributed by atoms with Crippen molar-refractivity contribution in [2.75, 3.05) is 26.7 Å². The summed E-state index contributed by atoms with van der Waals surface area (Å²) in [6.45, 7) is 2.97. The normalized spacial score (nSPS) is 15.9. The minimum atomic E-state index is -1.04. The lowest BCUT2D eigenvalue weighted by Crippen LogP contribution is -2.30. The van der Waals surface area contributed by atoms with Gasteiger partial charge in [0.05, 0.1) is 29.6 Å². The van der Waals surface area contributed by atoms with E-state index in [1.807, 2.05) is 12.1 Å². The number of benzene rings is 2. The van der Waals surface area contributed by atoms with E-state index in [9.17, 15) is 13.6 Å². The van der Waals surface area contributed by atoms with Gasteiger partial charge in [0.1, 0.15) is 11.5 Å². The van der Waals surface area contributed by atoms with Gasteiger partial charge in [0.15, 0.2) is 11.6 Å². The average Bonchev–Trinajstić information content (AvgIpc) is 2.83. The Labute approximate surface area is 196 Å². The number of nitrogens with one attached hydrogen (secondary N) is 1. The molecule has 0 unspecified atom stereocenters. The van der Waals surface area contributed by atoms with Gasteiger partial charge in [-0.15, -0.1) is 0 Å². The number of hydrogen-bond acceptors (Lipinski definition) is 6. The first-order valence-electron chi connectivity index (χ1n) is 11.2. The lowest BCUT2D eigenvalue weighted by Gasteiger charge is -2.28. The van der Waals surface area contributed by atoms with Gasteiger partial charge >= 0.3 is 0 Å². The van der Waals surface area contributed by atoms with Crippen molar-refractivity contribution in [2.45, 2.75) is 19.3 Å². The molecule has 178 valence electrons. The van der Waals surface area contributed by atoms with Gasteiger partial charge < -0.3 is 20.5 Å². The van der Waals surface area contributed by atoms with Crippen LogP contribution in [0.4, 0.5) is 14.5 Å². The van der Waals surface area contributed by atoms with E-state index >= 15 is 0 Å². The van der Waals surface area contributed by atoms with Crippen LogP contribution in [0.5, 0.6) is 5.75 Å². The number of rotatable bonds is 7. The third-order valence-electron chi connectivity index (χ3n) is 6.11. The fourth-order valence-corrected chi connectivity index (χ4v) is 4.02. The van der Waals surface area contributed by atoms with E-state index in [1.54, 1.807) is 12.1 Å². The molecule has 0 aliphatic carbocycles. The molecule has 1 saturated heterocycles. The van der Waals surface area contributed by atoms with Crippen molar-refractivity contribution in [3.05, 3.63) is 70.0 Å². The van der Waals surface area contributed by atoms with Crippen LogP contribution < -0.4 is 16.1 Å². The fourth-order valence-electron chi connectivity index (χ4n) is 4.02. The smallest absolute Gasteiger partial charge is 0.258 e. The number of hydrazone groups is 1. The summed E-state index contributed by atoms with van der Waals surface area (Å²) in [6, 6.07) is 10.6. The second-order valence-electron chi connectivity index (χ2n) is 8.52. The molecule has 4 rings (SSSR count). The topological polar surface area (TPSA) is 96.1 Å². The zero-order valence-electron chi connectivity index (χ0n) is 18.9. The zero-order chi connectivity index (χ0) is 24.1. The van der Waals surface area contributed by atoms with Gasteiger partial charge in [-0.25, -0.2) is 8.78 Å². The molecule has 0 atom stereocenters. The monoisotopic (exact) mass is 467 g/mol. The molecule has 3 aromatic rings. The van der Waals surface area contributed by atoms with E-state index < -0.39 is 17.2 Å². The van der Waals surface area contributed by atoms with Crippen LogP contribution in [0.3, 0.4) is 0 Å². The molecule has 1 aromatic heterocycles. The molecule has 0 spiro atoms. The highest BCUT2D eigenvalue weighted by Gasteiger charge is 2.16. The number of ether oxygens (including phenoxy) is 1. The minimum absolute atomic E-state index is 0.0959. The van der Waals surface area contributed by atoms with Gasteiger partial charge in [-0.2, -0.15) is 5.10 Å². The molecule has 0 saturated carbocycles. The van der Waals surface area contributed by atoms with Crippen LogP contribution in [0.25, 0.3) is 10.9 Å². The van der Waals surface area contributed by atoms with Crippen LogP contribution >= 0.6 is 0 Å². The molecule has 2 aromatic carbocycles. The average molecular weight is 468 g/mol. The third-order valence-corrected chi connectivity index (χ3v) is 6.11. The van der Waals surface area contributed by atoms with Crippen LogP contribution in [0.1, 0.15) is 24.8 Å². The molecule has 2 heterocycles. The number of aromatic nitrogens is 1. The molecule has 9 heteroatoms. The number of aliphatic imine (C=N–C) groups is 1. The number of fused-ring (bicyclic) bond motifs is 1. The Morgan fingerprint density at radius 1 is 1.18 bits per heavy atom. The first-order valence-corrected chi connectivity index (χ1v) is 11.2. The van der Waals surface area contributed by atoms with E-state index in [1.165, 1.54) is 25.1 Å². The lowest BCUT2D eigenvalue weighted by atomic mass is 9.94. The maximum absolute atomic E-state index is 13.6. The maximum Gasteiger partial charge on any atom is 0.258 e. The Morgan fingerprint density at radius 3 is 2.59 bits per heavy atom. The van der Waals surface area contributed by atoms with Crippen molar-refractivity contribution in [1.82, 2.24) is 9.88 Å². The van der Waals surface area contributed by atoms with Gasteiger partial charge in [0, 0.05) is 11.5 Å². The van der Waals surface area contributed by atoms with Crippen molar-refractivity contribution < 1.29 is 13.5 Å². The van der Waals surface area contributed by atoms with Crippen LogP contribution in [0, 0.1) is 17.6 Å². The number of halogens is 2. The summed E-state index contributed by atoms with van der Waals surface area (Å²) in [5, 5.41) is 3.95. The van der Waals surface area contributed by atoms with Crippen LogP contribution in [0.15, 0.2) is 57.4 Å². The van der Waals surface area contributed by atoms with E-state index in [4.69, 9.17) is 10.6 Å². The van der Waals surface area contributed by atoms with Gasteiger partial charge in [0.25, 0.3) is 5.56 Å². The molecule has 0 amide bonds. The molecular formula is C25H27F2N5O2. The van der Waals surface area contributed by atoms with E-state index in [0.29, 0.717) is 23.6 Å². The number of aromatic amines is 1. The lowest BCUT2D eigenvalue weighted by molar-refractivity contribution is 0.187. The summed E-state index contributed by atoms with van der Waals surface area (Å²) >= 11 is 0. The molecule has 34 heavy (non-hydrogen) atoms. The van der Waals surface area contributed by atoms with Crippen molar-refractivity contribution in [2.24, 2.45) is 21.9 Å². The number of nitrogens with zero attached hydrogens (tertiary/aromatic N) is 3. The summed E-state index contributed by atoms with van der Waals surface area (Å²) < 4.78 is 32.9. The highest BCUT2D eigenvalue weighted by molar-refractivity contribution is 6.38. The minimum Gasteiger partial charge on any atom is -0.494 e. The summed E-state index contributed by atoms with van der Waals surface area (Å²) in [5.74, 6) is 4.89.